The number of nitrogens with one attached hydrogen (secondary N) is 1. The molecule has 0 aliphatic heterocycles. The minimum Gasteiger partial charge on any atom is -0.399 e. The molecule has 0 radical (unpaired) electrons. The van der Waals surface area contributed by atoms with E-state index >= 15 is 0 Å². The molecule has 0 saturated heterocycles. The Balaban J connectivity index is 3.08. The average Bonchev–Trinajstić information content (AvgIpc) is 2.16. The summed E-state index contributed by atoms with van der Waals surface area (Å²) in [5.74, 6) is 0. The number of hydrogen-bond donors (Lipinski definition) is 3. The molecule has 1 aromatic carbocycles. The molecule has 0 unspecified atom stereocenters. The van der Waals surface area contributed by atoms with Crippen LogP contribution in [0.4, 0.5) is 5.69 Å². The summed E-state index contributed by atoms with van der Waals surface area (Å²) in [4.78, 5) is 0.0991. The zero-order chi connectivity index (χ0) is 12.3. The van der Waals surface area contributed by atoms with Crippen LogP contribution in [0.1, 0.15) is 6.92 Å². The lowest BCUT2D eigenvalue weighted by Gasteiger charge is -2.12. The number of halogens is 1. The van der Waals surface area contributed by atoms with Crippen molar-refractivity contribution in [2.24, 2.45) is 0 Å². The first-order valence-electron chi connectivity index (χ1n) is 4.55. The Morgan fingerprint density at radius 2 is 2.19 bits per heavy atom. The topological polar surface area (TPSA) is 92.4 Å². The molecular formula is C9H13BrN2O3S. The Hall–Kier alpha value is -0.630. The van der Waals surface area contributed by atoms with Gasteiger partial charge in [-0.15, -0.1) is 0 Å². The van der Waals surface area contributed by atoms with Crippen molar-refractivity contribution in [2.45, 2.75) is 17.9 Å². The zero-order valence-electron chi connectivity index (χ0n) is 8.64. The van der Waals surface area contributed by atoms with Crippen LogP contribution in [0.5, 0.6) is 0 Å². The third kappa shape index (κ3) is 3.18. The summed E-state index contributed by atoms with van der Waals surface area (Å²) >= 11 is 3.13. The first-order valence-corrected chi connectivity index (χ1v) is 6.82. The maximum Gasteiger partial charge on any atom is 0.242 e. The SMILES string of the molecule is C[C@@H](CO)NS(=O)(=O)c1ccc(N)cc1Br. The van der Waals surface area contributed by atoms with Crippen molar-refractivity contribution < 1.29 is 13.5 Å². The fourth-order valence-electron chi connectivity index (χ4n) is 1.10. The summed E-state index contributed by atoms with van der Waals surface area (Å²) < 4.78 is 26.4. The van der Waals surface area contributed by atoms with E-state index in [0.29, 0.717) is 10.2 Å². The van der Waals surface area contributed by atoms with Gasteiger partial charge in [-0.2, -0.15) is 0 Å². The van der Waals surface area contributed by atoms with E-state index in [-0.39, 0.29) is 11.5 Å². The smallest absolute Gasteiger partial charge is 0.242 e. The predicted molar refractivity (Wildman–Crippen MR) is 65.4 cm³/mol. The van der Waals surface area contributed by atoms with Crippen LogP contribution < -0.4 is 10.5 Å². The maximum atomic E-state index is 11.8. The summed E-state index contributed by atoms with van der Waals surface area (Å²) in [6, 6.07) is 3.89. The number of aliphatic hydroxyl groups is 1. The molecule has 1 rings (SSSR count). The molecule has 1 aromatic rings. The van der Waals surface area contributed by atoms with E-state index in [1.165, 1.54) is 18.2 Å². The fraction of sp³-hybridized carbons (Fsp3) is 0.333. The van der Waals surface area contributed by atoms with Crippen LogP contribution in [0, 0.1) is 0 Å². The molecule has 16 heavy (non-hydrogen) atoms. The minimum atomic E-state index is -3.63. The fourth-order valence-corrected chi connectivity index (χ4v) is 3.43. The van der Waals surface area contributed by atoms with Crippen molar-refractivity contribution in [3.63, 3.8) is 0 Å². The maximum absolute atomic E-state index is 11.8. The van der Waals surface area contributed by atoms with Crippen LogP contribution in [0.15, 0.2) is 27.6 Å². The minimum absolute atomic E-state index is 0.0991. The Labute approximate surface area is 103 Å². The Morgan fingerprint density at radius 3 is 2.69 bits per heavy atom. The number of hydrogen-bond acceptors (Lipinski definition) is 4. The van der Waals surface area contributed by atoms with E-state index in [2.05, 4.69) is 20.7 Å². The van der Waals surface area contributed by atoms with E-state index in [4.69, 9.17) is 10.8 Å². The van der Waals surface area contributed by atoms with Gasteiger partial charge in [0, 0.05) is 16.2 Å². The van der Waals surface area contributed by atoms with Gasteiger partial charge in [-0.3, -0.25) is 0 Å². The highest BCUT2D eigenvalue weighted by Crippen LogP contribution is 2.24. The van der Waals surface area contributed by atoms with Crippen LogP contribution in [0.25, 0.3) is 0 Å². The number of nitrogen functional groups attached to an aromatic ring is 1. The molecule has 5 nitrogen and oxygen atoms in total. The zero-order valence-corrected chi connectivity index (χ0v) is 11.0. The van der Waals surface area contributed by atoms with Crippen molar-refractivity contribution in [2.75, 3.05) is 12.3 Å². The number of benzene rings is 1. The summed E-state index contributed by atoms with van der Waals surface area (Å²) in [7, 11) is -3.63. The van der Waals surface area contributed by atoms with Gasteiger partial charge in [-0.05, 0) is 41.1 Å². The number of aliphatic hydroxyl groups excluding tert-OH is 1. The monoisotopic (exact) mass is 308 g/mol. The van der Waals surface area contributed by atoms with Crippen molar-refractivity contribution >= 4 is 31.6 Å². The lowest BCUT2D eigenvalue weighted by molar-refractivity contribution is 0.265. The lowest BCUT2D eigenvalue weighted by Crippen LogP contribution is -2.35. The van der Waals surface area contributed by atoms with E-state index in [0.717, 1.165) is 0 Å². The van der Waals surface area contributed by atoms with Gasteiger partial charge in [0.05, 0.1) is 11.5 Å². The lowest BCUT2D eigenvalue weighted by atomic mass is 10.3. The van der Waals surface area contributed by atoms with Gasteiger partial charge < -0.3 is 10.8 Å². The highest BCUT2D eigenvalue weighted by Gasteiger charge is 2.19. The quantitative estimate of drug-likeness (QED) is 0.714. The largest absolute Gasteiger partial charge is 0.399 e. The molecule has 0 aliphatic carbocycles. The molecule has 0 bridgehead atoms. The highest BCUT2D eigenvalue weighted by atomic mass is 79.9. The number of nitrogens with two attached hydrogens (primary N) is 1. The average molecular weight is 309 g/mol. The van der Waals surface area contributed by atoms with Crippen LogP contribution >= 0.6 is 15.9 Å². The molecule has 0 aromatic heterocycles. The number of anilines is 1. The highest BCUT2D eigenvalue weighted by molar-refractivity contribution is 9.10. The van der Waals surface area contributed by atoms with Gasteiger partial charge >= 0.3 is 0 Å². The van der Waals surface area contributed by atoms with Crippen molar-refractivity contribution in [1.29, 1.82) is 0 Å². The standard InChI is InChI=1S/C9H13BrN2O3S/c1-6(5-13)12-16(14,15)9-3-2-7(11)4-8(9)10/h2-4,6,12-13H,5,11H2,1H3/t6-/m0/s1. The van der Waals surface area contributed by atoms with Crippen LogP contribution in [-0.4, -0.2) is 26.2 Å². The van der Waals surface area contributed by atoms with E-state index in [1.807, 2.05) is 0 Å². The summed E-state index contributed by atoms with van der Waals surface area (Å²) in [5, 5.41) is 8.80. The van der Waals surface area contributed by atoms with Gasteiger partial charge in [-0.25, -0.2) is 13.1 Å². The second kappa shape index (κ2) is 5.13. The molecule has 90 valence electrons. The predicted octanol–water partition coefficient (Wildman–Crippen LogP) is 0.690. The molecule has 0 aliphatic rings. The second-order valence-corrected chi connectivity index (χ2v) is 5.93. The third-order valence-electron chi connectivity index (χ3n) is 1.88. The summed E-state index contributed by atoms with van der Waals surface area (Å²) in [6.07, 6.45) is 0. The van der Waals surface area contributed by atoms with E-state index < -0.39 is 16.1 Å². The molecule has 1 atom stereocenters. The van der Waals surface area contributed by atoms with Gasteiger partial charge in [0.25, 0.3) is 0 Å². The van der Waals surface area contributed by atoms with Crippen LogP contribution in [0.3, 0.4) is 0 Å². The van der Waals surface area contributed by atoms with E-state index in [9.17, 15) is 8.42 Å². The van der Waals surface area contributed by atoms with Gasteiger partial charge in [-0.1, -0.05) is 0 Å². The molecule has 0 saturated carbocycles. The normalized spacial score (nSPS) is 13.7. The molecule has 7 heteroatoms. The number of sulfonamides is 1. The van der Waals surface area contributed by atoms with E-state index in [1.54, 1.807) is 6.92 Å². The van der Waals surface area contributed by atoms with Gasteiger partial charge in [0.1, 0.15) is 0 Å². The third-order valence-corrected chi connectivity index (χ3v) is 4.44. The first-order chi connectivity index (χ1) is 7.36. The second-order valence-electron chi connectivity index (χ2n) is 3.39. The molecule has 0 spiro atoms. The summed E-state index contributed by atoms with van der Waals surface area (Å²) in [5.41, 5.74) is 5.99. The molecular weight excluding hydrogens is 296 g/mol. The molecule has 0 amide bonds. The Bertz CT molecular complexity index is 476. The molecule has 4 N–H and O–H groups in total. The molecule has 0 fully saturated rings. The van der Waals surface area contributed by atoms with Crippen LogP contribution in [0.2, 0.25) is 0 Å². The van der Waals surface area contributed by atoms with Gasteiger partial charge in [0.15, 0.2) is 0 Å². The van der Waals surface area contributed by atoms with Crippen molar-refractivity contribution in [3.05, 3.63) is 22.7 Å². The molecule has 0 heterocycles. The van der Waals surface area contributed by atoms with Gasteiger partial charge in [0.2, 0.25) is 10.0 Å². The Morgan fingerprint density at radius 1 is 1.56 bits per heavy atom. The number of rotatable bonds is 4. The van der Waals surface area contributed by atoms with Crippen LogP contribution in [-0.2, 0) is 10.0 Å². The van der Waals surface area contributed by atoms with Crippen molar-refractivity contribution in [1.82, 2.24) is 4.72 Å². The first kappa shape index (κ1) is 13.4. The van der Waals surface area contributed by atoms with Crippen molar-refractivity contribution in [3.8, 4) is 0 Å². The summed E-state index contributed by atoms with van der Waals surface area (Å²) in [6.45, 7) is 1.31. The Kier molecular flexibility index (Phi) is 4.31.